The minimum absolute atomic E-state index is 0.268. The predicted molar refractivity (Wildman–Crippen MR) is 74.4 cm³/mol. The second-order valence-electron chi connectivity index (χ2n) is 4.64. The van der Waals surface area contributed by atoms with Gasteiger partial charge in [-0.2, -0.15) is 0 Å². The fraction of sp³-hybridized carbons (Fsp3) is 0.267. The number of carbonyl (C=O) groups excluding carboxylic acids is 1. The normalized spacial score (nSPS) is 19.3. The van der Waals surface area contributed by atoms with Crippen LogP contribution < -0.4 is 0 Å². The molecule has 0 amide bonds. The average molecular weight is 260 g/mol. The van der Waals surface area contributed by atoms with Gasteiger partial charge in [0, 0.05) is 5.39 Å². The van der Waals surface area contributed by atoms with E-state index in [-0.39, 0.29) is 6.04 Å². The number of aldehydes is 1. The molecule has 1 aromatic heterocycles. The summed E-state index contributed by atoms with van der Waals surface area (Å²) >= 11 is 6.38. The Morgan fingerprint density at radius 2 is 2.17 bits per heavy atom. The maximum atomic E-state index is 11.2. The molecule has 0 aliphatic heterocycles. The van der Waals surface area contributed by atoms with E-state index in [1.54, 1.807) is 0 Å². The molecule has 1 unspecified atom stereocenters. The number of hydrogen-bond donors (Lipinski definition) is 0. The summed E-state index contributed by atoms with van der Waals surface area (Å²) in [6.45, 7) is 0. The molecule has 92 valence electrons. The molecule has 3 rings (SSSR count). The van der Waals surface area contributed by atoms with Crippen LogP contribution in [0.15, 0.2) is 36.4 Å². The first kappa shape index (κ1) is 11.5. The lowest BCUT2D eigenvalue weighted by Crippen LogP contribution is -2.09. The number of carbonyl (C=O) groups is 1. The van der Waals surface area contributed by atoms with E-state index in [0.717, 1.165) is 30.0 Å². The molecule has 0 N–H and O–H groups in total. The lowest BCUT2D eigenvalue weighted by molar-refractivity contribution is 0.112. The van der Waals surface area contributed by atoms with Crippen molar-refractivity contribution in [3.05, 3.63) is 47.1 Å². The lowest BCUT2D eigenvalue weighted by atomic mass is 10.0. The molecule has 0 spiro atoms. The van der Waals surface area contributed by atoms with Crippen LogP contribution in [0, 0.1) is 0 Å². The van der Waals surface area contributed by atoms with Gasteiger partial charge in [-0.3, -0.25) is 4.79 Å². The summed E-state index contributed by atoms with van der Waals surface area (Å²) in [5, 5.41) is 1.50. The Morgan fingerprint density at radius 3 is 2.89 bits per heavy atom. The van der Waals surface area contributed by atoms with Gasteiger partial charge in [0.15, 0.2) is 6.29 Å². The smallest absolute Gasteiger partial charge is 0.153 e. The quantitative estimate of drug-likeness (QED) is 0.579. The first-order valence-corrected chi connectivity index (χ1v) is 6.61. The summed E-state index contributed by atoms with van der Waals surface area (Å²) in [6.07, 6.45) is 8.62. The number of rotatable bonds is 2. The van der Waals surface area contributed by atoms with Gasteiger partial charge >= 0.3 is 0 Å². The molecule has 0 saturated heterocycles. The van der Waals surface area contributed by atoms with Gasteiger partial charge in [-0.25, -0.2) is 0 Å². The maximum absolute atomic E-state index is 11.2. The van der Waals surface area contributed by atoms with Gasteiger partial charge in [0.2, 0.25) is 0 Å². The van der Waals surface area contributed by atoms with E-state index in [9.17, 15) is 4.79 Å². The Labute approximate surface area is 111 Å². The van der Waals surface area contributed by atoms with Crippen molar-refractivity contribution in [2.24, 2.45) is 0 Å². The highest BCUT2D eigenvalue weighted by Gasteiger charge is 2.20. The van der Waals surface area contributed by atoms with Crippen LogP contribution in [0.1, 0.15) is 35.7 Å². The predicted octanol–water partition coefficient (Wildman–Crippen LogP) is 4.39. The van der Waals surface area contributed by atoms with Crippen molar-refractivity contribution >= 4 is 28.8 Å². The third-order valence-electron chi connectivity index (χ3n) is 3.57. The molecule has 1 aromatic carbocycles. The van der Waals surface area contributed by atoms with E-state index in [4.69, 9.17) is 11.6 Å². The van der Waals surface area contributed by atoms with Crippen molar-refractivity contribution in [2.45, 2.75) is 25.3 Å². The molecular weight excluding hydrogens is 246 g/mol. The van der Waals surface area contributed by atoms with Crippen molar-refractivity contribution in [2.75, 3.05) is 0 Å². The molecule has 1 aliphatic rings. The van der Waals surface area contributed by atoms with Crippen LogP contribution in [0.25, 0.3) is 10.9 Å². The number of halogens is 1. The number of para-hydroxylation sites is 1. The highest BCUT2D eigenvalue weighted by Crippen LogP contribution is 2.35. The lowest BCUT2D eigenvalue weighted by Gasteiger charge is -2.20. The minimum atomic E-state index is 0.268. The van der Waals surface area contributed by atoms with Crippen LogP contribution in [0.2, 0.25) is 5.15 Å². The zero-order valence-electron chi connectivity index (χ0n) is 9.97. The summed E-state index contributed by atoms with van der Waals surface area (Å²) < 4.78 is 2.08. The van der Waals surface area contributed by atoms with E-state index in [1.165, 1.54) is 6.42 Å². The Morgan fingerprint density at radius 1 is 1.33 bits per heavy atom. The van der Waals surface area contributed by atoms with Crippen LogP contribution >= 0.6 is 11.6 Å². The SMILES string of the molecule is O=Cc1c(Cl)n(C2C=CCCC2)c2ccccc12. The molecular formula is C15H14ClNO. The second kappa shape index (κ2) is 4.62. The molecule has 0 radical (unpaired) electrons. The number of allylic oxidation sites excluding steroid dienone is 2. The average Bonchev–Trinajstić information content (AvgIpc) is 2.71. The summed E-state index contributed by atoms with van der Waals surface area (Å²) in [4.78, 5) is 11.2. The van der Waals surface area contributed by atoms with Crippen molar-refractivity contribution in [1.29, 1.82) is 0 Å². The van der Waals surface area contributed by atoms with Gasteiger partial charge in [-0.1, -0.05) is 42.0 Å². The molecule has 0 saturated carbocycles. The molecule has 2 nitrogen and oxygen atoms in total. The van der Waals surface area contributed by atoms with Gasteiger partial charge in [-0.15, -0.1) is 0 Å². The molecule has 1 atom stereocenters. The van der Waals surface area contributed by atoms with Gasteiger partial charge in [0.05, 0.1) is 17.1 Å². The third-order valence-corrected chi connectivity index (χ3v) is 3.95. The second-order valence-corrected chi connectivity index (χ2v) is 4.99. The first-order chi connectivity index (χ1) is 8.83. The van der Waals surface area contributed by atoms with Crippen LogP contribution in [0.4, 0.5) is 0 Å². The molecule has 0 bridgehead atoms. The van der Waals surface area contributed by atoms with Crippen molar-refractivity contribution in [3.8, 4) is 0 Å². The van der Waals surface area contributed by atoms with Gasteiger partial charge < -0.3 is 4.57 Å². The van der Waals surface area contributed by atoms with Crippen LogP contribution in [-0.2, 0) is 0 Å². The minimum Gasteiger partial charge on any atom is -0.324 e. The van der Waals surface area contributed by atoms with Crippen molar-refractivity contribution in [1.82, 2.24) is 4.57 Å². The largest absolute Gasteiger partial charge is 0.324 e. The fourth-order valence-corrected chi connectivity index (χ4v) is 3.07. The standard InChI is InChI=1S/C15H14ClNO/c16-15-13(10-18)12-8-4-5-9-14(12)17(15)11-6-2-1-3-7-11/h2,4-6,8-11H,1,3,7H2. The maximum Gasteiger partial charge on any atom is 0.153 e. The molecule has 1 heterocycles. The monoisotopic (exact) mass is 259 g/mol. The molecule has 0 fully saturated rings. The van der Waals surface area contributed by atoms with E-state index in [0.29, 0.717) is 10.7 Å². The summed E-state index contributed by atoms with van der Waals surface area (Å²) in [6, 6.07) is 8.16. The molecule has 2 aromatic rings. The Kier molecular flexibility index (Phi) is 2.96. The number of hydrogen-bond acceptors (Lipinski definition) is 1. The van der Waals surface area contributed by atoms with Crippen LogP contribution in [0.3, 0.4) is 0 Å². The van der Waals surface area contributed by atoms with Gasteiger partial charge in [-0.05, 0) is 25.3 Å². The van der Waals surface area contributed by atoms with Gasteiger partial charge in [0.25, 0.3) is 0 Å². The van der Waals surface area contributed by atoms with E-state index in [1.807, 2.05) is 24.3 Å². The zero-order valence-corrected chi connectivity index (χ0v) is 10.7. The van der Waals surface area contributed by atoms with Crippen molar-refractivity contribution in [3.63, 3.8) is 0 Å². The highest BCUT2D eigenvalue weighted by molar-refractivity contribution is 6.34. The van der Waals surface area contributed by atoms with E-state index < -0.39 is 0 Å². The number of aromatic nitrogens is 1. The molecule has 1 aliphatic carbocycles. The number of fused-ring (bicyclic) bond motifs is 1. The summed E-state index contributed by atoms with van der Waals surface area (Å²) in [5.41, 5.74) is 1.65. The highest BCUT2D eigenvalue weighted by atomic mass is 35.5. The zero-order chi connectivity index (χ0) is 12.5. The summed E-state index contributed by atoms with van der Waals surface area (Å²) in [5.74, 6) is 0. The Bertz CT molecular complexity index is 627. The third kappa shape index (κ3) is 1.68. The topological polar surface area (TPSA) is 22.0 Å². The van der Waals surface area contributed by atoms with Crippen LogP contribution in [0.5, 0.6) is 0 Å². The molecule has 3 heteroatoms. The number of benzene rings is 1. The summed E-state index contributed by atoms with van der Waals surface area (Å²) in [7, 11) is 0. The van der Waals surface area contributed by atoms with Crippen molar-refractivity contribution < 1.29 is 4.79 Å². The van der Waals surface area contributed by atoms with E-state index >= 15 is 0 Å². The Balaban J connectivity index is 2.27. The Hall–Kier alpha value is -1.54. The molecule has 18 heavy (non-hydrogen) atoms. The first-order valence-electron chi connectivity index (χ1n) is 6.23. The van der Waals surface area contributed by atoms with Crippen LogP contribution in [-0.4, -0.2) is 10.9 Å². The fourth-order valence-electron chi connectivity index (χ4n) is 2.70. The van der Waals surface area contributed by atoms with Gasteiger partial charge in [0.1, 0.15) is 5.15 Å². The number of nitrogens with zero attached hydrogens (tertiary/aromatic N) is 1. The van der Waals surface area contributed by atoms with E-state index in [2.05, 4.69) is 16.7 Å².